The number of rotatable bonds is 2. The van der Waals surface area contributed by atoms with Crippen LogP contribution in [0.2, 0.25) is 0 Å². The number of carbonyl (C=O) groups is 1. The maximum Gasteiger partial charge on any atom is 0.190 e. The van der Waals surface area contributed by atoms with Crippen LogP contribution in [0.15, 0.2) is 60.2 Å². The number of hydrogen-bond acceptors (Lipinski definition) is 3. The molecule has 0 spiro atoms. The van der Waals surface area contributed by atoms with Crippen molar-refractivity contribution in [3.63, 3.8) is 0 Å². The van der Waals surface area contributed by atoms with Crippen molar-refractivity contribution >= 4 is 11.9 Å². The van der Waals surface area contributed by atoms with Crippen LogP contribution in [0.25, 0.3) is 6.08 Å². The van der Waals surface area contributed by atoms with E-state index in [4.69, 9.17) is 4.74 Å². The quantitative estimate of drug-likeness (QED) is 0.867. The highest BCUT2D eigenvalue weighted by atomic mass is 16.5. The molecule has 0 bridgehead atoms. The normalized spacial score (nSPS) is 25.6. The van der Waals surface area contributed by atoms with Crippen LogP contribution in [0.1, 0.15) is 27.4 Å². The number of nitrogens with one attached hydrogen (secondary N) is 1. The van der Waals surface area contributed by atoms with E-state index in [9.17, 15) is 4.79 Å². The molecule has 4 rings (SSSR count). The summed E-state index contributed by atoms with van der Waals surface area (Å²) in [5, 5.41) is 3.52. The van der Waals surface area contributed by atoms with Gasteiger partial charge in [0.2, 0.25) is 0 Å². The summed E-state index contributed by atoms with van der Waals surface area (Å²) in [4.78, 5) is 12.9. The van der Waals surface area contributed by atoms with Gasteiger partial charge in [0.25, 0.3) is 0 Å². The van der Waals surface area contributed by atoms with Crippen molar-refractivity contribution in [2.24, 2.45) is 0 Å². The minimum Gasteiger partial charge on any atom is -0.378 e. The van der Waals surface area contributed by atoms with E-state index < -0.39 is 0 Å². The first-order valence-corrected chi connectivity index (χ1v) is 8.06. The SMILES string of the molecule is O=C1C(=Cc2ccccc2)C(C2COCCN2)c2ccccc21. The minimum absolute atomic E-state index is 0.0548. The monoisotopic (exact) mass is 305 g/mol. The highest BCUT2D eigenvalue weighted by Crippen LogP contribution is 2.41. The van der Waals surface area contributed by atoms with Gasteiger partial charge in [-0.05, 0) is 17.2 Å². The smallest absolute Gasteiger partial charge is 0.190 e. The van der Waals surface area contributed by atoms with Gasteiger partial charge < -0.3 is 10.1 Å². The summed E-state index contributed by atoms with van der Waals surface area (Å²) in [5.41, 5.74) is 3.86. The van der Waals surface area contributed by atoms with E-state index in [2.05, 4.69) is 11.4 Å². The van der Waals surface area contributed by atoms with Gasteiger partial charge in [-0.3, -0.25) is 4.79 Å². The second-order valence-corrected chi connectivity index (χ2v) is 6.04. The first-order valence-electron chi connectivity index (χ1n) is 8.06. The van der Waals surface area contributed by atoms with Crippen LogP contribution in [0, 0.1) is 0 Å². The van der Waals surface area contributed by atoms with Gasteiger partial charge in [0, 0.05) is 29.6 Å². The molecular formula is C20H19NO2. The molecule has 1 heterocycles. The number of Topliss-reactive ketones (excluding diaryl/α,β-unsaturated/α-hetero) is 1. The molecule has 3 heteroatoms. The molecule has 0 aromatic heterocycles. The Kier molecular flexibility index (Phi) is 3.82. The van der Waals surface area contributed by atoms with Crippen LogP contribution in [0.4, 0.5) is 0 Å². The second-order valence-electron chi connectivity index (χ2n) is 6.04. The van der Waals surface area contributed by atoms with Crippen molar-refractivity contribution in [3.05, 3.63) is 76.9 Å². The largest absolute Gasteiger partial charge is 0.378 e. The lowest BCUT2D eigenvalue weighted by Crippen LogP contribution is -2.45. The van der Waals surface area contributed by atoms with Crippen molar-refractivity contribution in [1.82, 2.24) is 5.32 Å². The average Bonchev–Trinajstić information content (AvgIpc) is 2.89. The molecule has 2 atom stereocenters. The van der Waals surface area contributed by atoms with E-state index in [1.54, 1.807) is 0 Å². The summed E-state index contributed by atoms with van der Waals surface area (Å²) in [6.07, 6.45) is 2.03. The summed E-state index contributed by atoms with van der Waals surface area (Å²) in [6.45, 7) is 2.20. The summed E-state index contributed by atoms with van der Waals surface area (Å²) in [7, 11) is 0. The summed E-state index contributed by atoms with van der Waals surface area (Å²) < 4.78 is 5.64. The highest BCUT2D eigenvalue weighted by Gasteiger charge is 2.39. The number of ether oxygens (including phenoxy) is 1. The zero-order valence-electron chi connectivity index (χ0n) is 12.9. The van der Waals surface area contributed by atoms with Crippen LogP contribution >= 0.6 is 0 Å². The van der Waals surface area contributed by atoms with E-state index in [0.717, 1.165) is 35.4 Å². The third-order valence-corrected chi connectivity index (χ3v) is 4.61. The van der Waals surface area contributed by atoms with Gasteiger partial charge >= 0.3 is 0 Å². The standard InChI is InChI=1S/C20H19NO2/c22-20-16-9-5-4-8-15(16)19(18-13-23-11-10-21-18)17(20)12-14-6-2-1-3-7-14/h1-9,12,18-19,21H,10-11,13H2. The number of ketones is 1. The lowest BCUT2D eigenvalue weighted by molar-refractivity contribution is 0.0715. The van der Waals surface area contributed by atoms with Gasteiger partial charge in [0.1, 0.15) is 0 Å². The van der Waals surface area contributed by atoms with Crippen LogP contribution in [-0.4, -0.2) is 31.6 Å². The van der Waals surface area contributed by atoms with Crippen molar-refractivity contribution in [1.29, 1.82) is 0 Å². The molecule has 116 valence electrons. The van der Waals surface area contributed by atoms with Crippen LogP contribution in [0.3, 0.4) is 0 Å². The molecule has 0 radical (unpaired) electrons. The van der Waals surface area contributed by atoms with E-state index in [1.165, 1.54) is 0 Å². The molecule has 1 aliphatic carbocycles. The molecular weight excluding hydrogens is 286 g/mol. The van der Waals surface area contributed by atoms with Crippen LogP contribution < -0.4 is 5.32 Å². The Morgan fingerprint density at radius 2 is 1.83 bits per heavy atom. The number of fused-ring (bicyclic) bond motifs is 1. The first-order chi connectivity index (χ1) is 11.3. The van der Waals surface area contributed by atoms with Gasteiger partial charge in [-0.1, -0.05) is 54.6 Å². The first kappa shape index (κ1) is 14.4. The summed E-state index contributed by atoms with van der Waals surface area (Å²) in [6, 6.07) is 18.1. The molecule has 1 fully saturated rings. The Morgan fingerprint density at radius 1 is 1.04 bits per heavy atom. The third kappa shape index (κ3) is 2.62. The highest BCUT2D eigenvalue weighted by molar-refractivity contribution is 6.16. The predicted octanol–water partition coefficient (Wildman–Crippen LogP) is 3.04. The fourth-order valence-electron chi connectivity index (χ4n) is 3.56. The Morgan fingerprint density at radius 3 is 2.61 bits per heavy atom. The van der Waals surface area contributed by atoms with E-state index in [1.807, 2.05) is 54.6 Å². The van der Waals surface area contributed by atoms with E-state index >= 15 is 0 Å². The summed E-state index contributed by atoms with van der Waals surface area (Å²) >= 11 is 0. The van der Waals surface area contributed by atoms with Gasteiger partial charge in [-0.25, -0.2) is 0 Å². The molecule has 0 amide bonds. The number of morpholine rings is 1. The van der Waals surface area contributed by atoms with E-state index in [0.29, 0.717) is 6.61 Å². The molecule has 1 N–H and O–H groups in total. The summed E-state index contributed by atoms with van der Waals surface area (Å²) in [5.74, 6) is 0.195. The Bertz CT molecular complexity index is 745. The van der Waals surface area contributed by atoms with Gasteiger partial charge in [-0.2, -0.15) is 0 Å². The third-order valence-electron chi connectivity index (χ3n) is 4.61. The van der Waals surface area contributed by atoms with Gasteiger partial charge in [0.05, 0.1) is 13.2 Å². The van der Waals surface area contributed by atoms with E-state index in [-0.39, 0.29) is 17.7 Å². The lowest BCUT2D eigenvalue weighted by Gasteiger charge is -2.30. The Labute approximate surface area is 136 Å². The van der Waals surface area contributed by atoms with Gasteiger partial charge in [-0.15, -0.1) is 0 Å². The van der Waals surface area contributed by atoms with Crippen molar-refractivity contribution in [3.8, 4) is 0 Å². The van der Waals surface area contributed by atoms with Crippen molar-refractivity contribution in [2.75, 3.05) is 19.8 Å². The predicted molar refractivity (Wildman–Crippen MR) is 90.5 cm³/mol. The lowest BCUT2D eigenvalue weighted by atomic mass is 9.88. The fourth-order valence-corrected chi connectivity index (χ4v) is 3.56. The minimum atomic E-state index is 0.0548. The second kappa shape index (κ2) is 6.11. The van der Waals surface area contributed by atoms with Crippen LogP contribution in [-0.2, 0) is 4.74 Å². The zero-order valence-corrected chi connectivity index (χ0v) is 12.9. The molecule has 2 aromatic rings. The number of carbonyl (C=O) groups excluding carboxylic acids is 1. The molecule has 2 aliphatic rings. The number of hydrogen-bond donors (Lipinski definition) is 1. The topological polar surface area (TPSA) is 38.3 Å². The zero-order chi connectivity index (χ0) is 15.6. The van der Waals surface area contributed by atoms with Gasteiger partial charge in [0.15, 0.2) is 5.78 Å². The van der Waals surface area contributed by atoms with Crippen LogP contribution in [0.5, 0.6) is 0 Å². The molecule has 2 unspecified atom stereocenters. The Hall–Kier alpha value is -2.23. The maximum absolute atomic E-state index is 12.9. The maximum atomic E-state index is 12.9. The van der Waals surface area contributed by atoms with Crippen molar-refractivity contribution in [2.45, 2.75) is 12.0 Å². The molecule has 1 aliphatic heterocycles. The molecule has 1 saturated heterocycles. The molecule has 0 saturated carbocycles. The van der Waals surface area contributed by atoms with Crippen molar-refractivity contribution < 1.29 is 9.53 Å². The number of benzene rings is 2. The molecule has 2 aromatic carbocycles. The Balaban J connectivity index is 1.80. The molecule has 3 nitrogen and oxygen atoms in total. The fraction of sp³-hybridized carbons (Fsp3) is 0.250. The molecule has 23 heavy (non-hydrogen) atoms. The average molecular weight is 305 g/mol.